The van der Waals surface area contributed by atoms with E-state index in [0.717, 1.165) is 71.6 Å². The number of benzene rings is 1. The molecule has 0 unspecified atom stereocenters. The Labute approximate surface area is 158 Å². The molecule has 1 aromatic rings. The highest BCUT2D eigenvalue weighted by Crippen LogP contribution is 2.16. The van der Waals surface area contributed by atoms with Gasteiger partial charge in [-0.25, -0.2) is 0 Å². The standard InChI is InChI=1S/C21H34N4O/c1-18-16-20(8-10-22-18)21(26)23-9-5-11-24-12-14-25(15-13-24)17-19-6-3-2-4-7-19/h2-4,6-7,18,20,22H,5,8-17H2,1H3,(H,23,26)/t18-,20-/m0/s1. The smallest absolute Gasteiger partial charge is 0.223 e. The van der Waals surface area contributed by atoms with Gasteiger partial charge in [-0.1, -0.05) is 30.3 Å². The summed E-state index contributed by atoms with van der Waals surface area (Å²) in [5, 5.41) is 6.56. The van der Waals surface area contributed by atoms with Gasteiger partial charge in [0.2, 0.25) is 5.91 Å². The lowest BCUT2D eigenvalue weighted by atomic mass is 9.92. The third-order valence-corrected chi connectivity index (χ3v) is 5.66. The Balaban J connectivity index is 1.26. The van der Waals surface area contributed by atoms with Crippen LogP contribution in [0.25, 0.3) is 0 Å². The van der Waals surface area contributed by atoms with Crippen LogP contribution in [0.5, 0.6) is 0 Å². The van der Waals surface area contributed by atoms with Crippen LogP contribution < -0.4 is 10.6 Å². The van der Waals surface area contributed by atoms with Gasteiger partial charge >= 0.3 is 0 Å². The second-order valence-electron chi connectivity index (χ2n) is 7.82. The molecule has 2 N–H and O–H groups in total. The molecule has 26 heavy (non-hydrogen) atoms. The molecule has 2 fully saturated rings. The maximum Gasteiger partial charge on any atom is 0.223 e. The van der Waals surface area contributed by atoms with Crippen LogP contribution in [0.3, 0.4) is 0 Å². The van der Waals surface area contributed by atoms with Gasteiger partial charge in [0.1, 0.15) is 0 Å². The van der Waals surface area contributed by atoms with Crippen LogP contribution in [0.4, 0.5) is 0 Å². The highest BCUT2D eigenvalue weighted by atomic mass is 16.1. The Hall–Kier alpha value is -1.43. The predicted octanol–water partition coefficient (Wildman–Crippen LogP) is 1.70. The van der Waals surface area contributed by atoms with E-state index in [4.69, 9.17) is 0 Å². The summed E-state index contributed by atoms with van der Waals surface area (Å²) in [6.45, 7) is 10.6. The van der Waals surface area contributed by atoms with Gasteiger partial charge in [0.25, 0.3) is 0 Å². The summed E-state index contributed by atoms with van der Waals surface area (Å²) in [4.78, 5) is 17.3. The number of piperazine rings is 1. The van der Waals surface area contributed by atoms with Crippen molar-refractivity contribution in [1.82, 2.24) is 20.4 Å². The maximum atomic E-state index is 12.3. The maximum absolute atomic E-state index is 12.3. The quantitative estimate of drug-likeness (QED) is 0.729. The fourth-order valence-corrected chi connectivity index (χ4v) is 4.04. The minimum Gasteiger partial charge on any atom is -0.356 e. The average molecular weight is 359 g/mol. The van der Waals surface area contributed by atoms with Crippen LogP contribution in [-0.4, -0.2) is 67.6 Å². The van der Waals surface area contributed by atoms with Crippen molar-refractivity contribution in [2.45, 2.75) is 38.8 Å². The van der Waals surface area contributed by atoms with E-state index in [1.807, 2.05) is 0 Å². The molecule has 0 bridgehead atoms. The number of piperidine rings is 1. The van der Waals surface area contributed by atoms with E-state index >= 15 is 0 Å². The number of carbonyl (C=O) groups excluding carboxylic acids is 1. The van der Waals surface area contributed by atoms with Gasteiger partial charge in [-0.2, -0.15) is 0 Å². The largest absolute Gasteiger partial charge is 0.356 e. The number of carbonyl (C=O) groups is 1. The van der Waals surface area contributed by atoms with Crippen molar-refractivity contribution in [2.75, 3.05) is 45.8 Å². The zero-order chi connectivity index (χ0) is 18.2. The molecule has 0 aromatic heterocycles. The third-order valence-electron chi connectivity index (χ3n) is 5.66. The summed E-state index contributed by atoms with van der Waals surface area (Å²) in [6, 6.07) is 11.2. The number of nitrogens with zero attached hydrogens (tertiary/aromatic N) is 2. The Morgan fingerprint density at radius 3 is 2.62 bits per heavy atom. The molecule has 2 aliphatic rings. The van der Waals surface area contributed by atoms with E-state index in [1.54, 1.807) is 0 Å². The lowest BCUT2D eigenvalue weighted by molar-refractivity contribution is -0.126. The molecular formula is C21H34N4O. The van der Waals surface area contributed by atoms with Gasteiger partial charge < -0.3 is 15.5 Å². The van der Waals surface area contributed by atoms with Crippen molar-refractivity contribution < 1.29 is 4.79 Å². The zero-order valence-corrected chi connectivity index (χ0v) is 16.1. The lowest BCUT2D eigenvalue weighted by Gasteiger charge is -2.34. The van der Waals surface area contributed by atoms with Crippen LogP contribution in [0.15, 0.2) is 30.3 Å². The number of hydrogen-bond acceptors (Lipinski definition) is 4. The van der Waals surface area contributed by atoms with Gasteiger partial charge in [-0.3, -0.25) is 9.69 Å². The van der Waals surface area contributed by atoms with Crippen LogP contribution in [-0.2, 0) is 11.3 Å². The number of nitrogens with one attached hydrogen (secondary N) is 2. The molecule has 2 atom stereocenters. The monoisotopic (exact) mass is 358 g/mol. The summed E-state index contributed by atoms with van der Waals surface area (Å²) in [5.74, 6) is 0.457. The van der Waals surface area contributed by atoms with Crippen molar-refractivity contribution in [3.05, 3.63) is 35.9 Å². The first kappa shape index (κ1) is 19.3. The van der Waals surface area contributed by atoms with E-state index in [9.17, 15) is 4.79 Å². The molecule has 1 amide bonds. The molecular weight excluding hydrogens is 324 g/mol. The molecule has 1 aromatic carbocycles. The van der Waals surface area contributed by atoms with E-state index in [2.05, 4.69) is 57.7 Å². The van der Waals surface area contributed by atoms with E-state index in [1.165, 1.54) is 5.56 Å². The molecule has 2 aliphatic heterocycles. The number of rotatable bonds is 7. The first-order valence-electron chi connectivity index (χ1n) is 10.2. The van der Waals surface area contributed by atoms with E-state index < -0.39 is 0 Å². The summed E-state index contributed by atoms with van der Waals surface area (Å²) >= 11 is 0. The van der Waals surface area contributed by atoms with Gasteiger partial charge in [0.05, 0.1) is 0 Å². The highest BCUT2D eigenvalue weighted by molar-refractivity contribution is 5.78. The highest BCUT2D eigenvalue weighted by Gasteiger charge is 2.24. The molecule has 144 valence electrons. The third kappa shape index (κ3) is 6.08. The van der Waals surface area contributed by atoms with Gasteiger partial charge in [-0.05, 0) is 44.8 Å². The fraction of sp³-hybridized carbons (Fsp3) is 0.667. The molecule has 2 saturated heterocycles. The molecule has 2 heterocycles. The van der Waals surface area contributed by atoms with Crippen molar-refractivity contribution in [3.63, 3.8) is 0 Å². The summed E-state index contributed by atoms with van der Waals surface area (Å²) < 4.78 is 0. The second-order valence-corrected chi connectivity index (χ2v) is 7.82. The van der Waals surface area contributed by atoms with Gasteiger partial charge in [0, 0.05) is 51.2 Å². The Kier molecular flexibility index (Phi) is 7.47. The van der Waals surface area contributed by atoms with Crippen molar-refractivity contribution >= 4 is 5.91 Å². The first-order valence-corrected chi connectivity index (χ1v) is 10.2. The molecule has 0 radical (unpaired) electrons. The number of hydrogen-bond donors (Lipinski definition) is 2. The summed E-state index contributed by atoms with van der Waals surface area (Å²) in [5.41, 5.74) is 1.40. The second kappa shape index (κ2) is 10.0. The number of amides is 1. The molecule has 0 aliphatic carbocycles. The van der Waals surface area contributed by atoms with Crippen molar-refractivity contribution in [2.24, 2.45) is 5.92 Å². The van der Waals surface area contributed by atoms with E-state index in [0.29, 0.717) is 6.04 Å². The van der Waals surface area contributed by atoms with Crippen molar-refractivity contribution in [1.29, 1.82) is 0 Å². The SMILES string of the molecule is C[C@H]1C[C@@H](C(=O)NCCCN2CCN(Cc3ccccc3)CC2)CCN1. The van der Waals surface area contributed by atoms with Crippen LogP contribution in [0, 0.1) is 5.92 Å². The van der Waals surface area contributed by atoms with Crippen molar-refractivity contribution in [3.8, 4) is 0 Å². The average Bonchev–Trinajstić information content (AvgIpc) is 2.67. The molecule has 5 nitrogen and oxygen atoms in total. The molecule has 5 heteroatoms. The first-order chi connectivity index (χ1) is 12.7. The van der Waals surface area contributed by atoms with Crippen LogP contribution >= 0.6 is 0 Å². The Morgan fingerprint density at radius 1 is 1.15 bits per heavy atom. The molecule has 0 spiro atoms. The minimum absolute atomic E-state index is 0.202. The normalized spacial score (nSPS) is 25.1. The lowest BCUT2D eigenvalue weighted by Crippen LogP contribution is -2.46. The van der Waals surface area contributed by atoms with Gasteiger partial charge in [0.15, 0.2) is 0 Å². The zero-order valence-electron chi connectivity index (χ0n) is 16.1. The fourth-order valence-electron chi connectivity index (χ4n) is 4.04. The topological polar surface area (TPSA) is 47.6 Å². The minimum atomic E-state index is 0.202. The van der Waals surface area contributed by atoms with Crippen LogP contribution in [0.1, 0.15) is 31.7 Å². The Bertz CT molecular complexity index is 542. The van der Waals surface area contributed by atoms with Crippen LogP contribution in [0.2, 0.25) is 0 Å². The summed E-state index contributed by atoms with van der Waals surface area (Å²) in [7, 11) is 0. The predicted molar refractivity (Wildman–Crippen MR) is 106 cm³/mol. The molecule has 3 rings (SSSR count). The van der Waals surface area contributed by atoms with E-state index in [-0.39, 0.29) is 11.8 Å². The Morgan fingerprint density at radius 2 is 1.88 bits per heavy atom. The summed E-state index contributed by atoms with van der Waals surface area (Å²) in [6.07, 6.45) is 2.99. The van der Waals surface area contributed by atoms with Gasteiger partial charge in [-0.15, -0.1) is 0 Å². The molecule has 0 saturated carbocycles.